The zero-order valence-corrected chi connectivity index (χ0v) is 31.5. The number of hydrogen-bond donors (Lipinski definition) is 3. The number of rotatable bonds is 7. The summed E-state index contributed by atoms with van der Waals surface area (Å²) in [6.07, 6.45) is 10.1. The van der Waals surface area contributed by atoms with E-state index in [4.69, 9.17) is 9.72 Å². The molecule has 3 aliphatic rings. The molecule has 288 valence electrons. The molecule has 2 aromatic heterocycles. The molecule has 4 heterocycles. The number of fused-ring (bicyclic) bond motifs is 4. The maximum Gasteiger partial charge on any atom is 0.272 e. The van der Waals surface area contributed by atoms with Gasteiger partial charge < -0.3 is 20.3 Å². The van der Waals surface area contributed by atoms with Gasteiger partial charge in [0.2, 0.25) is 33.6 Å². The highest BCUT2D eigenvalue weighted by atomic mass is 32.2. The van der Waals surface area contributed by atoms with Crippen LogP contribution < -0.4 is 20.1 Å². The van der Waals surface area contributed by atoms with Crippen molar-refractivity contribution in [3.05, 3.63) is 84.5 Å². The summed E-state index contributed by atoms with van der Waals surface area (Å²) in [5.74, 6) is -2.45. The Bertz CT molecular complexity index is 2230. The molecule has 2 aromatic carbocycles. The van der Waals surface area contributed by atoms with Gasteiger partial charge in [-0.1, -0.05) is 61.4 Å². The van der Waals surface area contributed by atoms with Gasteiger partial charge in [-0.2, -0.15) is 0 Å². The maximum atomic E-state index is 14.5. The SMILES string of the molecule is Cc1cnc(C(=O)N[C@H]2CCCCC/C=C\[C@@H](C(=O)NS(=O)(=O)C3CC3)CCNC(=O)[C@@H]3C[C@@H](Oc4nc5ccccc5c5ccccc45)CN3C2=O)cn1. The Balaban J connectivity index is 1.15. The highest BCUT2D eigenvalue weighted by Crippen LogP contribution is 2.33. The van der Waals surface area contributed by atoms with Crippen molar-refractivity contribution in [2.45, 2.75) is 88.1 Å². The van der Waals surface area contributed by atoms with Crippen LogP contribution in [0.2, 0.25) is 0 Å². The topological polar surface area (TPSA) is 190 Å². The minimum absolute atomic E-state index is 0.0535. The first kappa shape index (κ1) is 37.9. The van der Waals surface area contributed by atoms with Gasteiger partial charge in [-0.25, -0.2) is 18.4 Å². The maximum absolute atomic E-state index is 14.5. The standard InChI is InChI=1S/C40H45N7O7S/c1-25-22-43-34(23-42-25)37(49)44-33-16-6-4-2-3-5-11-26(36(48)46-55(52,53)28-17-18-28)19-20-41-38(50)35-21-27(24-47(35)40(33)51)54-39-31-14-8-7-12-29(31)30-13-9-10-15-32(30)45-39/h5,7-15,22-23,26-28,33,35H,2-4,6,16-21,24H2,1H3,(H,41,50)(H,44,49)(H,46,48)/b11-5-/t26-,27-,33+,35+/m1/s1. The third-order valence-electron chi connectivity index (χ3n) is 10.3. The van der Waals surface area contributed by atoms with Gasteiger partial charge >= 0.3 is 0 Å². The van der Waals surface area contributed by atoms with Gasteiger partial charge in [0, 0.05) is 29.9 Å². The molecule has 0 radical (unpaired) electrons. The van der Waals surface area contributed by atoms with E-state index in [1.54, 1.807) is 13.0 Å². The molecule has 4 amide bonds. The molecule has 15 heteroatoms. The fourth-order valence-electron chi connectivity index (χ4n) is 7.20. The number of para-hydroxylation sites is 1. The smallest absolute Gasteiger partial charge is 0.272 e. The number of carbonyl (C=O) groups is 4. The van der Waals surface area contributed by atoms with Crippen LogP contribution in [0.4, 0.5) is 0 Å². The first-order chi connectivity index (χ1) is 26.6. The number of hydrogen-bond acceptors (Lipinski definition) is 10. The van der Waals surface area contributed by atoms with Crippen molar-refractivity contribution < 1.29 is 32.3 Å². The molecule has 2 aliphatic heterocycles. The normalized spacial score (nSPS) is 23.5. The van der Waals surface area contributed by atoms with Crippen molar-refractivity contribution >= 4 is 55.3 Å². The number of aromatic nitrogens is 3. The monoisotopic (exact) mass is 767 g/mol. The van der Waals surface area contributed by atoms with Crippen LogP contribution >= 0.6 is 0 Å². The van der Waals surface area contributed by atoms with Crippen molar-refractivity contribution in [3.8, 4) is 5.88 Å². The lowest BCUT2D eigenvalue weighted by atomic mass is 10.0. The number of benzene rings is 2. The second-order valence-corrected chi connectivity index (χ2v) is 16.5. The van der Waals surface area contributed by atoms with Crippen molar-refractivity contribution in [1.29, 1.82) is 0 Å². The van der Waals surface area contributed by atoms with Crippen molar-refractivity contribution in [2.75, 3.05) is 13.1 Å². The zero-order chi connectivity index (χ0) is 38.5. The molecule has 1 saturated heterocycles. The summed E-state index contributed by atoms with van der Waals surface area (Å²) in [5.41, 5.74) is 1.46. The van der Waals surface area contributed by atoms with E-state index >= 15 is 0 Å². The van der Waals surface area contributed by atoms with Gasteiger partial charge in [-0.15, -0.1) is 0 Å². The summed E-state index contributed by atoms with van der Waals surface area (Å²) >= 11 is 0. The lowest BCUT2D eigenvalue weighted by molar-refractivity contribution is -0.140. The van der Waals surface area contributed by atoms with Crippen LogP contribution in [0.25, 0.3) is 21.7 Å². The van der Waals surface area contributed by atoms with Crippen LogP contribution in [-0.2, 0) is 24.4 Å². The minimum atomic E-state index is -3.75. The first-order valence-corrected chi connectivity index (χ1v) is 20.5. The van der Waals surface area contributed by atoms with Crippen molar-refractivity contribution in [3.63, 3.8) is 0 Å². The van der Waals surface area contributed by atoms with E-state index in [2.05, 4.69) is 25.3 Å². The molecule has 0 bridgehead atoms. The Hall–Kier alpha value is -5.44. The summed E-state index contributed by atoms with van der Waals surface area (Å²) in [6.45, 7) is 1.87. The number of amides is 4. The fraction of sp³-hybridized carbons (Fsp3) is 0.425. The predicted molar refractivity (Wildman–Crippen MR) is 205 cm³/mol. The van der Waals surface area contributed by atoms with E-state index in [1.165, 1.54) is 17.3 Å². The lowest BCUT2D eigenvalue weighted by Crippen LogP contribution is -2.53. The number of nitrogens with zero attached hydrogens (tertiary/aromatic N) is 4. The molecule has 0 spiro atoms. The van der Waals surface area contributed by atoms with Crippen LogP contribution in [0.5, 0.6) is 5.88 Å². The Morgan fingerprint density at radius 3 is 2.44 bits per heavy atom. The predicted octanol–water partition coefficient (Wildman–Crippen LogP) is 3.88. The molecule has 14 nitrogen and oxygen atoms in total. The number of allylic oxidation sites excluding steroid dienone is 1. The molecule has 55 heavy (non-hydrogen) atoms. The van der Waals surface area contributed by atoms with Gasteiger partial charge in [0.1, 0.15) is 23.9 Å². The Kier molecular flexibility index (Phi) is 11.4. The molecular formula is C40H45N7O7S. The molecule has 1 saturated carbocycles. The molecular weight excluding hydrogens is 723 g/mol. The third-order valence-corrected chi connectivity index (χ3v) is 12.2. The van der Waals surface area contributed by atoms with Gasteiger partial charge in [-0.3, -0.25) is 28.9 Å². The highest BCUT2D eigenvalue weighted by molar-refractivity contribution is 7.90. The number of carbonyl (C=O) groups excluding carboxylic acids is 4. The Labute approximate surface area is 319 Å². The van der Waals surface area contributed by atoms with E-state index in [-0.39, 0.29) is 31.6 Å². The van der Waals surface area contributed by atoms with Crippen LogP contribution in [0.1, 0.15) is 74.0 Å². The lowest BCUT2D eigenvalue weighted by Gasteiger charge is -2.28. The van der Waals surface area contributed by atoms with Crippen LogP contribution in [0.15, 0.2) is 73.1 Å². The summed E-state index contributed by atoms with van der Waals surface area (Å²) in [4.78, 5) is 69.7. The number of pyridine rings is 1. The second-order valence-electron chi connectivity index (χ2n) is 14.5. The third kappa shape index (κ3) is 8.93. The molecule has 1 aliphatic carbocycles. The minimum Gasteiger partial charge on any atom is -0.472 e. The van der Waals surface area contributed by atoms with Gasteiger partial charge in [0.15, 0.2) is 0 Å². The van der Waals surface area contributed by atoms with Crippen molar-refractivity contribution in [2.24, 2.45) is 5.92 Å². The quantitative estimate of drug-likeness (QED) is 0.184. The van der Waals surface area contributed by atoms with Gasteiger partial charge in [0.05, 0.1) is 35.1 Å². The number of sulfonamides is 1. The van der Waals surface area contributed by atoms with E-state index in [1.807, 2.05) is 54.6 Å². The summed E-state index contributed by atoms with van der Waals surface area (Å²) in [7, 11) is -3.75. The second kappa shape index (κ2) is 16.5. The Morgan fingerprint density at radius 1 is 0.909 bits per heavy atom. The van der Waals surface area contributed by atoms with E-state index in [0.717, 1.165) is 34.5 Å². The van der Waals surface area contributed by atoms with Gasteiger partial charge in [0.25, 0.3) is 5.91 Å². The molecule has 0 unspecified atom stereocenters. The number of nitrogens with one attached hydrogen (secondary N) is 3. The Morgan fingerprint density at radius 2 is 1.67 bits per heavy atom. The number of aryl methyl sites for hydroxylation is 1. The molecule has 4 aromatic rings. The van der Waals surface area contributed by atoms with E-state index in [9.17, 15) is 27.6 Å². The van der Waals surface area contributed by atoms with Crippen LogP contribution in [0, 0.1) is 12.8 Å². The average molecular weight is 768 g/mol. The zero-order valence-electron chi connectivity index (χ0n) is 30.6. The fourth-order valence-corrected chi connectivity index (χ4v) is 8.56. The average Bonchev–Trinajstić information content (AvgIpc) is 3.97. The molecule has 4 atom stereocenters. The van der Waals surface area contributed by atoms with E-state index < -0.39 is 63.0 Å². The summed E-state index contributed by atoms with van der Waals surface area (Å²) < 4.78 is 33.9. The van der Waals surface area contributed by atoms with Crippen molar-refractivity contribution in [1.82, 2.24) is 35.2 Å². The van der Waals surface area contributed by atoms with Crippen LogP contribution in [0.3, 0.4) is 0 Å². The first-order valence-electron chi connectivity index (χ1n) is 18.9. The number of ether oxygens (including phenoxy) is 1. The molecule has 7 rings (SSSR count). The summed E-state index contributed by atoms with van der Waals surface area (Å²) in [5, 5.41) is 7.93. The highest BCUT2D eigenvalue weighted by Gasteiger charge is 2.43. The summed E-state index contributed by atoms with van der Waals surface area (Å²) in [6, 6.07) is 13.6. The molecule has 2 fully saturated rings. The van der Waals surface area contributed by atoms with Gasteiger partial charge in [-0.05, 0) is 63.0 Å². The largest absolute Gasteiger partial charge is 0.472 e. The molecule has 3 N–H and O–H groups in total. The van der Waals surface area contributed by atoms with E-state index in [0.29, 0.717) is 43.7 Å². The van der Waals surface area contributed by atoms with Crippen LogP contribution in [-0.4, -0.2) is 88.4 Å².